The zero-order valence-corrected chi connectivity index (χ0v) is 14.1. The van der Waals surface area contributed by atoms with Crippen LogP contribution in [0.4, 0.5) is 11.4 Å². The quantitative estimate of drug-likeness (QED) is 0.322. The van der Waals surface area contributed by atoms with E-state index in [0.717, 1.165) is 10.2 Å². The molecule has 0 aliphatic rings. The lowest BCUT2D eigenvalue weighted by Crippen LogP contribution is -2.23. The van der Waals surface area contributed by atoms with Gasteiger partial charge in [0, 0.05) is 11.5 Å². The maximum atomic E-state index is 12.4. The lowest BCUT2D eigenvalue weighted by Gasteiger charge is -2.12. The molecular formula is C15H12N4O3S2. The number of carbonyl (C=O) groups excluding carboxylic acids is 1. The van der Waals surface area contributed by atoms with Gasteiger partial charge in [-0.25, -0.2) is 9.97 Å². The highest BCUT2D eigenvalue weighted by Gasteiger charge is 2.20. The number of nitro benzene ring substituents is 1. The minimum absolute atomic E-state index is 0.134. The van der Waals surface area contributed by atoms with Gasteiger partial charge in [-0.05, 0) is 24.4 Å². The molecule has 3 rings (SSSR count). The van der Waals surface area contributed by atoms with Crippen molar-refractivity contribution in [3.8, 4) is 0 Å². The number of benzene rings is 1. The van der Waals surface area contributed by atoms with Gasteiger partial charge < -0.3 is 5.32 Å². The molecule has 0 radical (unpaired) electrons. The van der Waals surface area contributed by atoms with Crippen LogP contribution >= 0.6 is 23.1 Å². The monoisotopic (exact) mass is 360 g/mol. The van der Waals surface area contributed by atoms with Crippen LogP contribution < -0.4 is 5.32 Å². The van der Waals surface area contributed by atoms with E-state index in [1.807, 2.05) is 11.4 Å². The van der Waals surface area contributed by atoms with Crippen molar-refractivity contribution in [1.29, 1.82) is 0 Å². The first kappa shape index (κ1) is 16.3. The standard InChI is InChI=1S/C15H12N4O3S2/c1-9(24-15-10-6-7-23-14(10)16-8-17-15)13(20)18-11-4-2-3-5-12(11)19(21)22/h2-9H,1H3,(H,18,20)/t9-/m0/s1. The number of hydrogen-bond acceptors (Lipinski definition) is 7. The van der Waals surface area contributed by atoms with Crippen LogP contribution in [0.1, 0.15) is 6.92 Å². The molecule has 0 fully saturated rings. The van der Waals surface area contributed by atoms with Gasteiger partial charge in [-0.2, -0.15) is 0 Å². The largest absolute Gasteiger partial charge is 0.319 e. The number of nitrogens with one attached hydrogen (secondary N) is 1. The molecule has 0 saturated heterocycles. The third-order valence-corrected chi connectivity index (χ3v) is 5.18. The summed E-state index contributed by atoms with van der Waals surface area (Å²) in [5.41, 5.74) is 0.0497. The molecule has 1 N–H and O–H groups in total. The molecule has 3 aromatic rings. The first-order chi connectivity index (χ1) is 11.6. The van der Waals surface area contributed by atoms with E-state index in [0.29, 0.717) is 5.03 Å². The number of aromatic nitrogens is 2. The van der Waals surface area contributed by atoms with Crippen molar-refractivity contribution in [3.05, 3.63) is 52.2 Å². The predicted molar refractivity (Wildman–Crippen MR) is 94.5 cm³/mol. The van der Waals surface area contributed by atoms with Crippen LogP contribution in [0.3, 0.4) is 0 Å². The van der Waals surface area contributed by atoms with Crippen molar-refractivity contribution in [1.82, 2.24) is 9.97 Å². The number of nitrogens with zero attached hydrogens (tertiary/aromatic N) is 3. The Morgan fingerprint density at radius 2 is 2.12 bits per heavy atom. The summed E-state index contributed by atoms with van der Waals surface area (Å²) in [5.74, 6) is -0.323. The summed E-state index contributed by atoms with van der Waals surface area (Å²) in [6.07, 6.45) is 1.47. The maximum absolute atomic E-state index is 12.4. The molecule has 0 saturated carbocycles. The molecule has 0 bridgehead atoms. The zero-order valence-electron chi connectivity index (χ0n) is 12.5. The summed E-state index contributed by atoms with van der Waals surface area (Å²) in [6.45, 7) is 1.73. The number of thiophene rings is 1. The van der Waals surface area contributed by atoms with E-state index in [1.54, 1.807) is 19.1 Å². The Balaban J connectivity index is 1.76. The van der Waals surface area contributed by atoms with Crippen molar-refractivity contribution in [2.24, 2.45) is 0 Å². The third-order valence-electron chi connectivity index (χ3n) is 3.24. The summed E-state index contributed by atoms with van der Waals surface area (Å²) in [4.78, 5) is 32.1. The van der Waals surface area contributed by atoms with Gasteiger partial charge in [0.1, 0.15) is 21.9 Å². The average molecular weight is 360 g/mol. The normalized spacial score (nSPS) is 12.0. The number of rotatable bonds is 5. The summed E-state index contributed by atoms with van der Waals surface area (Å²) in [6, 6.07) is 7.97. The number of para-hydroxylation sites is 2. The van der Waals surface area contributed by atoms with Crippen molar-refractivity contribution in [2.75, 3.05) is 5.32 Å². The smallest absolute Gasteiger partial charge is 0.292 e. The molecule has 1 atom stereocenters. The number of amides is 1. The molecule has 0 spiro atoms. The second kappa shape index (κ2) is 6.93. The van der Waals surface area contributed by atoms with Crippen molar-refractivity contribution in [2.45, 2.75) is 17.2 Å². The first-order valence-electron chi connectivity index (χ1n) is 6.95. The van der Waals surface area contributed by atoms with Crippen LogP contribution in [0.5, 0.6) is 0 Å². The first-order valence-corrected chi connectivity index (χ1v) is 8.71. The molecule has 2 aromatic heterocycles. The van der Waals surface area contributed by atoms with E-state index >= 15 is 0 Å². The molecule has 1 amide bonds. The van der Waals surface area contributed by atoms with E-state index < -0.39 is 10.2 Å². The average Bonchev–Trinajstić information content (AvgIpc) is 3.04. The van der Waals surface area contributed by atoms with Crippen molar-refractivity contribution >= 4 is 50.6 Å². The number of nitro groups is 1. The van der Waals surface area contributed by atoms with Gasteiger partial charge in [-0.1, -0.05) is 23.9 Å². The minimum atomic E-state index is -0.521. The van der Waals surface area contributed by atoms with Gasteiger partial charge in [0.2, 0.25) is 5.91 Å². The van der Waals surface area contributed by atoms with Gasteiger partial charge in [0.15, 0.2) is 0 Å². The molecule has 9 heteroatoms. The Morgan fingerprint density at radius 3 is 2.92 bits per heavy atom. The highest BCUT2D eigenvalue weighted by molar-refractivity contribution is 8.00. The fourth-order valence-corrected chi connectivity index (χ4v) is 3.75. The molecule has 1 aromatic carbocycles. The minimum Gasteiger partial charge on any atom is -0.319 e. The van der Waals surface area contributed by atoms with Gasteiger partial charge in [0.25, 0.3) is 5.69 Å². The summed E-state index contributed by atoms with van der Waals surface area (Å²) < 4.78 is 0. The summed E-state index contributed by atoms with van der Waals surface area (Å²) in [5, 5.41) is 16.7. The molecule has 24 heavy (non-hydrogen) atoms. The third kappa shape index (κ3) is 3.36. The van der Waals surface area contributed by atoms with Gasteiger partial charge in [0.05, 0.1) is 10.2 Å². The van der Waals surface area contributed by atoms with Crippen LogP contribution in [-0.4, -0.2) is 26.0 Å². The van der Waals surface area contributed by atoms with Gasteiger partial charge in [-0.15, -0.1) is 11.3 Å². The Hall–Kier alpha value is -2.52. The number of carbonyl (C=O) groups is 1. The molecule has 2 heterocycles. The highest BCUT2D eigenvalue weighted by Crippen LogP contribution is 2.31. The van der Waals surface area contributed by atoms with Crippen LogP contribution in [0.2, 0.25) is 0 Å². The lowest BCUT2D eigenvalue weighted by atomic mass is 10.2. The molecule has 0 aliphatic heterocycles. The summed E-state index contributed by atoms with van der Waals surface area (Å²) in [7, 11) is 0. The van der Waals surface area contributed by atoms with E-state index in [-0.39, 0.29) is 17.3 Å². The molecule has 122 valence electrons. The SMILES string of the molecule is C[C@H](Sc1ncnc2sccc12)C(=O)Nc1ccccc1[N+](=O)[O-]. The van der Waals surface area contributed by atoms with Crippen molar-refractivity contribution < 1.29 is 9.72 Å². The molecule has 0 unspecified atom stereocenters. The van der Waals surface area contributed by atoms with Crippen LogP contribution in [-0.2, 0) is 4.79 Å². The second-order valence-electron chi connectivity index (χ2n) is 4.84. The fraction of sp³-hybridized carbons (Fsp3) is 0.133. The Kier molecular flexibility index (Phi) is 4.72. The Bertz CT molecular complexity index is 912. The van der Waals surface area contributed by atoms with E-state index in [4.69, 9.17) is 0 Å². The van der Waals surface area contributed by atoms with E-state index in [9.17, 15) is 14.9 Å². The van der Waals surface area contributed by atoms with Gasteiger partial charge >= 0.3 is 0 Å². The Morgan fingerprint density at radius 1 is 1.33 bits per heavy atom. The van der Waals surface area contributed by atoms with Crippen LogP contribution in [0, 0.1) is 10.1 Å². The van der Waals surface area contributed by atoms with E-state index in [2.05, 4.69) is 15.3 Å². The van der Waals surface area contributed by atoms with Crippen molar-refractivity contribution in [3.63, 3.8) is 0 Å². The predicted octanol–water partition coefficient (Wildman–Crippen LogP) is 3.72. The lowest BCUT2D eigenvalue weighted by molar-refractivity contribution is -0.383. The number of hydrogen-bond donors (Lipinski definition) is 1. The highest BCUT2D eigenvalue weighted by atomic mass is 32.2. The molecular weight excluding hydrogens is 348 g/mol. The second-order valence-corrected chi connectivity index (χ2v) is 7.07. The molecule has 7 nitrogen and oxygen atoms in total. The molecule has 0 aliphatic carbocycles. The van der Waals surface area contributed by atoms with E-state index in [1.165, 1.54) is 41.6 Å². The van der Waals surface area contributed by atoms with Gasteiger partial charge in [-0.3, -0.25) is 14.9 Å². The van der Waals surface area contributed by atoms with Crippen LogP contribution in [0.25, 0.3) is 10.2 Å². The Labute approximate surface area is 145 Å². The maximum Gasteiger partial charge on any atom is 0.292 e. The summed E-state index contributed by atoms with van der Waals surface area (Å²) >= 11 is 2.80. The topological polar surface area (TPSA) is 98.0 Å². The zero-order chi connectivity index (χ0) is 17.1. The fourth-order valence-electron chi connectivity index (χ4n) is 2.06. The van der Waals surface area contributed by atoms with Crippen LogP contribution in [0.15, 0.2) is 47.1 Å². The number of anilines is 1. The number of thioether (sulfide) groups is 1. The number of fused-ring (bicyclic) bond motifs is 1.